The summed E-state index contributed by atoms with van der Waals surface area (Å²) in [5, 5.41) is 1.11. The molecule has 0 unspecified atom stereocenters. The van der Waals surface area contributed by atoms with Gasteiger partial charge in [-0.2, -0.15) is 0 Å². The van der Waals surface area contributed by atoms with Crippen LogP contribution >= 0.6 is 22.9 Å². The molecule has 0 fully saturated rings. The summed E-state index contributed by atoms with van der Waals surface area (Å²) in [5.41, 5.74) is 1.36. The molecule has 0 atom stereocenters. The van der Waals surface area contributed by atoms with Crippen LogP contribution in [-0.4, -0.2) is 22.5 Å². The molecule has 1 N–H and O–H groups in total. The van der Waals surface area contributed by atoms with Crippen LogP contribution in [0.4, 0.5) is 0 Å². The van der Waals surface area contributed by atoms with Crippen molar-refractivity contribution in [3.8, 4) is 0 Å². The second-order valence-corrected chi connectivity index (χ2v) is 7.98. The maximum absolute atomic E-state index is 12.5. The fraction of sp³-hybridized carbons (Fsp3) is 0.316. The number of thiophene rings is 1. The minimum atomic E-state index is -0.405. The van der Waals surface area contributed by atoms with Crippen LogP contribution in [0.2, 0.25) is 5.02 Å². The lowest BCUT2D eigenvalue weighted by molar-refractivity contribution is 0.0464. The average molecular weight is 391 g/mol. The normalized spacial score (nSPS) is 11.3. The highest BCUT2D eigenvalue weighted by Crippen LogP contribution is 2.28. The first-order valence-corrected chi connectivity index (χ1v) is 9.48. The molecule has 2 heterocycles. The van der Waals surface area contributed by atoms with Crippen molar-refractivity contribution in [2.45, 2.75) is 27.2 Å². The van der Waals surface area contributed by atoms with Gasteiger partial charge in [-0.1, -0.05) is 37.6 Å². The molecule has 3 aromatic rings. The van der Waals surface area contributed by atoms with Gasteiger partial charge in [-0.15, -0.1) is 11.3 Å². The van der Waals surface area contributed by atoms with Gasteiger partial charge in [0, 0.05) is 11.4 Å². The van der Waals surface area contributed by atoms with Crippen LogP contribution in [0, 0.1) is 12.8 Å². The molecule has 0 aliphatic heterocycles. The van der Waals surface area contributed by atoms with Crippen LogP contribution in [0.1, 0.15) is 40.5 Å². The number of hydrogen-bond acceptors (Lipinski definition) is 5. The van der Waals surface area contributed by atoms with Gasteiger partial charge in [0.1, 0.15) is 15.5 Å². The van der Waals surface area contributed by atoms with E-state index in [0.717, 1.165) is 5.56 Å². The average Bonchev–Trinajstić information content (AvgIpc) is 2.92. The number of rotatable bonds is 5. The molecular formula is C19H19ClN2O3S. The third-order valence-electron chi connectivity index (χ3n) is 3.87. The SMILES string of the molecule is Cc1c(C(=O)OCC(C)C)sc2nc(Cc3ccc(Cl)cc3)[nH]c(=O)c12. The van der Waals surface area contributed by atoms with Crippen LogP contribution in [0.25, 0.3) is 10.2 Å². The third-order valence-corrected chi connectivity index (χ3v) is 5.29. The molecule has 3 rings (SSSR count). The van der Waals surface area contributed by atoms with E-state index in [-0.39, 0.29) is 11.5 Å². The Morgan fingerprint density at radius 1 is 1.31 bits per heavy atom. The van der Waals surface area contributed by atoms with Gasteiger partial charge in [0.2, 0.25) is 0 Å². The molecular weight excluding hydrogens is 372 g/mol. The van der Waals surface area contributed by atoms with E-state index >= 15 is 0 Å². The van der Waals surface area contributed by atoms with Gasteiger partial charge in [-0.05, 0) is 36.1 Å². The van der Waals surface area contributed by atoms with Crippen LogP contribution in [0.15, 0.2) is 29.1 Å². The number of ether oxygens (including phenoxy) is 1. The Labute approximate surface area is 160 Å². The second-order valence-electron chi connectivity index (χ2n) is 6.54. The number of hydrogen-bond donors (Lipinski definition) is 1. The number of nitrogens with zero attached hydrogens (tertiary/aromatic N) is 1. The van der Waals surface area contributed by atoms with Crippen LogP contribution in [0.5, 0.6) is 0 Å². The molecule has 5 nitrogen and oxygen atoms in total. The summed E-state index contributed by atoms with van der Waals surface area (Å²) < 4.78 is 5.30. The maximum Gasteiger partial charge on any atom is 0.348 e. The van der Waals surface area contributed by atoms with E-state index in [1.165, 1.54) is 11.3 Å². The number of aromatic amines is 1. The Hall–Kier alpha value is -2.18. The number of carbonyl (C=O) groups is 1. The summed E-state index contributed by atoms with van der Waals surface area (Å²) in [6, 6.07) is 7.37. The van der Waals surface area contributed by atoms with Gasteiger partial charge in [0.15, 0.2) is 0 Å². The van der Waals surface area contributed by atoms with E-state index in [9.17, 15) is 9.59 Å². The minimum Gasteiger partial charge on any atom is -0.461 e. The van der Waals surface area contributed by atoms with Gasteiger partial charge in [-0.25, -0.2) is 9.78 Å². The zero-order valence-corrected chi connectivity index (χ0v) is 16.3. The molecule has 26 heavy (non-hydrogen) atoms. The quantitative estimate of drug-likeness (QED) is 0.657. The molecule has 7 heteroatoms. The Balaban J connectivity index is 1.94. The third kappa shape index (κ3) is 3.97. The van der Waals surface area contributed by atoms with Crippen LogP contribution < -0.4 is 5.56 Å². The van der Waals surface area contributed by atoms with Crippen molar-refractivity contribution in [2.24, 2.45) is 5.92 Å². The molecule has 0 saturated carbocycles. The fourth-order valence-electron chi connectivity index (χ4n) is 2.57. The molecule has 0 radical (unpaired) electrons. The topological polar surface area (TPSA) is 72.0 Å². The number of benzene rings is 1. The fourth-order valence-corrected chi connectivity index (χ4v) is 3.79. The Kier molecular flexibility index (Phi) is 5.44. The summed E-state index contributed by atoms with van der Waals surface area (Å²) in [7, 11) is 0. The van der Waals surface area contributed by atoms with Crippen molar-refractivity contribution in [3.63, 3.8) is 0 Å². The van der Waals surface area contributed by atoms with E-state index in [4.69, 9.17) is 16.3 Å². The lowest BCUT2D eigenvalue weighted by Gasteiger charge is -2.05. The Bertz CT molecular complexity index is 1010. The summed E-state index contributed by atoms with van der Waals surface area (Å²) in [6.07, 6.45) is 0.479. The van der Waals surface area contributed by atoms with Crippen molar-refractivity contribution in [1.82, 2.24) is 9.97 Å². The number of esters is 1. The number of carbonyl (C=O) groups excluding carboxylic acids is 1. The Morgan fingerprint density at radius 2 is 2.00 bits per heavy atom. The summed E-state index contributed by atoms with van der Waals surface area (Å²) in [5.74, 6) is 0.396. The van der Waals surface area contributed by atoms with Gasteiger partial charge >= 0.3 is 5.97 Å². The van der Waals surface area contributed by atoms with Crippen molar-refractivity contribution in [3.05, 3.63) is 61.5 Å². The van der Waals surface area contributed by atoms with E-state index in [0.29, 0.717) is 44.5 Å². The number of fused-ring (bicyclic) bond motifs is 1. The molecule has 0 aliphatic rings. The molecule has 0 aliphatic carbocycles. The molecule has 136 valence electrons. The number of aryl methyl sites for hydroxylation is 1. The van der Waals surface area contributed by atoms with Crippen molar-refractivity contribution in [2.75, 3.05) is 6.61 Å². The predicted octanol–water partition coefficient (Wildman–Crippen LogP) is 4.35. The number of halogens is 1. The lowest BCUT2D eigenvalue weighted by Crippen LogP contribution is -2.12. The van der Waals surface area contributed by atoms with E-state index in [2.05, 4.69) is 9.97 Å². The van der Waals surface area contributed by atoms with E-state index in [1.54, 1.807) is 19.1 Å². The summed E-state index contributed by atoms with van der Waals surface area (Å²) >= 11 is 7.10. The van der Waals surface area contributed by atoms with Gasteiger partial charge in [0.25, 0.3) is 5.56 Å². The van der Waals surface area contributed by atoms with Crippen molar-refractivity contribution >= 4 is 39.1 Å². The van der Waals surface area contributed by atoms with Crippen molar-refractivity contribution in [1.29, 1.82) is 0 Å². The highest BCUT2D eigenvalue weighted by Gasteiger charge is 2.20. The zero-order chi connectivity index (χ0) is 18.8. The van der Waals surface area contributed by atoms with E-state index < -0.39 is 5.97 Å². The van der Waals surface area contributed by atoms with Gasteiger partial charge in [0.05, 0.1) is 12.0 Å². The molecule has 0 amide bonds. The lowest BCUT2D eigenvalue weighted by atomic mass is 10.1. The second kappa shape index (κ2) is 7.60. The molecule has 0 bridgehead atoms. The number of aromatic nitrogens is 2. The summed E-state index contributed by atoms with van der Waals surface area (Å²) in [6.45, 7) is 6.04. The predicted molar refractivity (Wildman–Crippen MR) is 104 cm³/mol. The monoisotopic (exact) mass is 390 g/mol. The highest BCUT2D eigenvalue weighted by molar-refractivity contribution is 7.20. The minimum absolute atomic E-state index is 0.240. The largest absolute Gasteiger partial charge is 0.461 e. The van der Waals surface area contributed by atoms with Gasteiger partial charge < -0.3 is 9.72 Å². The molecule has 0 spiro atoms. The van der Waals surface area contributed by atoms with E-state index in [1.807, 2.05) is 26.0 Å². The molecule has 2 aromatic heterocycles. The smallest absolute Gasteiger partial charge is 0.348 e. The van der Waals surface area contributed by atoms with Crippen molar-refractivity contribution < 1.29 is 9.53 Å². The maximum atomic E-state index is 12.5. The van der Waals surface area contributed by atoms with Crippen LogP contribution in [-0.2, 0) is 11.2 Å². The Morgan fingerprint density at radius 3 is 2.65 bits per heavy atom. The highest BCUT2D eigenvalue weighted by atomic mass is 35.5. The first-order chi connectivity index (χ1) is 12.3. The molecule has 1 aromatic carbocycles. The summed E-state index contributed by atoms with van der Waals surface area (Å²) in [4.78, 5) is 33.1. The standard InChI is InChI=1S/C19H19ClN2O3S/c1-10(2)9-25-19(24)16-11(3)15-17(23)21-14(22-18(15)26-16)8-12-4-6-13(20)7-5-12/h4-7,10H,8-9H2,1-3H3,(H,21,22,23). The number of H-pyrrole nitrogens is 1. The van der Waals surface area contributed by atoms with Gasteiger partial charge in [-0.3, -0.25) is 4.79 Å². The zero-order valence-electron chi connectivity index (χ0n) is 14.8. The first-order valence-electron chi connectivity index (χ1n) is 8.29. The van der Waals surface area contributed by atoms with Crippen LogP contribution in [0.3, 0.4) is 0 Å². The number of nitrogens with one attached hydrogen (secondary N) is 1. The first kappa shape index (κ1) is 18.6. The molecule has 0 saturated heterocycles.